The van der Waals surface area contributed by atoms with Gasteiger partial charge in [-0.2, -0.15) is 0 Å². The lowest BCUT2D eigenvalue weighted by Gasteiger charge is -2.28. The highest BCUT2D eigenvalue weighted by atomic mass is 28.2. The monoisotopic (exact) mass is 256 g/mol. The topological polar surface area (TPSA) is 26.3 Å². The number of hydrogen-bond donors (Lipinski definition) is 0. The van der Waals surface area contributed by atoms with E-state index in [4.69, 9.17) is 4.74 Å². The van der Waals surface area contributed by atoms with E-state index in [2.05, 4.69) is 41.2 Å². The second kappa shape index (κ2) is 7.70. The van der Waals surface area contributed by atoms with Crippen molar-refractivity contribution in [2.75, 3.05) is 0 Å². The van der Waals surface area contributed by atoms with Gasteiger partial charge >= 0.3 is 5.97 Å². The highest BCUT2D eigenvalue weighted by Crippen LogP contribution is 2.27. The molecule has 1 atom stereocenters. The quantitative estimate of drug-likeness (QED) is 0.397. The van der Waals surface area contributed by atoms with Crippen molar-refractivity contribution in [3.63, 3.8) is 0 Å². The Hall–Kier alpha value is -0.573. The lowest BCUT2D eigenvalue weighted by molar-refractivity contribution is -0.141. The standard InChI is InChI=1S/C14H28O2Si/c1-8-12(16-14(15)11(6)7)17-13(9(2)3)10(4)5/h9-10,12-13H,6,8,17H2,1-5,7H3. The summed E-state index contributed by atoms with van der Waals surface area (Å²) in [5.74, 6) is 1.13. The van der Waals surface area contributed by atoms with Gasteiger partial charge in [0, 0.05) is 5.57 Å². The molecule has 17 heavy (non-hydrogen) atoms. The van der Waals surface area contributed by atoms with Crippen molar-refractivity contribution in [2.24, 2.45) is 11.8 Å². The zero-order chi connectivity index (χ0) is 13.6. The summed E-state index contributed by atoms with van der Waals surface area (Å²) >= 11 is 0. The van der Waals surface area contributed by atoms with Crippen LogP contribution in [0.4, 0.5) is 0 Å². The van der Waals surface area contributed by atoms with Crippen LogP contribution in [0.15, 0.2) is 12.2 Å². The van der Waals surface area contributed by atoms with Crippen LogP contribution in [0.25, 0.3) is 0 Å². The first kappa shape index (κ1) is 16.4. The lowest BCUT2D eigenvalue weighted by atomic mass is 10.00. The average molecular weight is 256 g/mol. The number of hydrogen-bond acceptors (Lipinski definition) is 2. The van der Waals surface area contributed by atoms with Gasteiger partial charge in [-0.15, -0.1) is 0 Å². The number of rotatable bonds is 7. The van der Waals surface area contributed by atoms with Crippen molar-refractivity contribution >= 4 is 15.5 Å². The van der Waals surface area contributed by atoms with Gasteiger partial charge in [0.05, 0.1) is 15.2 Å². The molecule has 0 rings (SSSR count). The molecule has 0 saturated heterocycles. The molecule has 0 aliphatic rings. The predicted molar refractivity (Wildman–Crippen MR) is 77.0 cm³/mol. The van der Waals surface area contributed by atoms with Gasteiger partial charge in [0.15, 0.2) is 0 Å². The fourth-order valence-corrected chi connectivity index (χ4v) is 4.44. The van der Waals surface area contributed by atoms with Crippen molar-refractivity contribution in [3.05, 3.63) is 12.2 Å². The Bertz CT molecular complexity index is 251. The third-order valence-electron chi connectivity index (χ3n) is 3.33. The number of esters is 1. The maximum absolute atomic E-state index is 11.5. The zero-order valence-electron chi connectivity index (χ0n) is 12.2. The Morgan fingerprint density at radius 3 is 2.00 bits per heavy atom. The summed E-state index contributed by atoms with van der Waals surface area (Å²) in [4.78, 5) is 11.5. The molecule has 0 heterocycles. The molecule has 0 saturated carbocycles. The molecule has 0 N–H and O–H groups in total. The third kappa shape index (κ3) is 6.06. The van der Waals surface area contributed by atoms with Gasteiger partial charge in [0.25, 0.3) is 0 Å². The molecule has 0 fully saturated rings. The Kier molecular flexibility index (Phi) is 7.44. The number of carbonyl (C=O) groups is 1. The molecule has 0 aromatic carbocycles. The van der Waals surface area contributed by atoms with Crippen LogP contribution in [0.3, 0.4) is 0 Å². The summed E-state index contributed by atoms with van der Waals surface area (Å²) in [6, 6.07) is 0. The van der Waals surface area contributed by atoms with Gasteiger partial charge in [0.2, 0.25) is 0 Å². The molecule has 3 heteroatoms. The van der Waals surface area contributed by atoms with E-state index in [0.29, 0.717) is 17.4 Å². The molecule has 0 aliphatic heterocycles. The maximum atomic E-state index is 11.5. The molecule has 0 aromatic rings. The average Bonchev–Trinajstić information content (AvgIpc) is 2.22. The van der Waals surface area contributed by atoms with Crippen LogP contribution in [0.2, 0.25) is 5.54 Å². The van der Waals surface area contributed by atoms with E-state index in [1.807, 2.05) is 0 Å². The minimum absolute atomic E-state index is 0.161. The Morgan fingerprint density at radius 1 is 1.24 bits per heavy atom. The molecule has 0 amide bonds. The second-order valence-corrected chi connectivity index (χ2v) is 7.93. The van der Waals surface area contributed by atoms with Gasteiger partial charge < -0.3 is 4.74 Å². The smallest absolute Gasteiger partial charge is 0.333 e. The van der Waals surface area contributed by atoms with E-state index in [1.54, 1.807) is 6.92 Å². The van der Waals surface area contributed by atoms with Crippen molar-refractivity contribution in [1.82, 2.24) is 0 Å². The number of ether oxygens (including phenoxy) is 1. The first-order chi connectivity index (χ1) is 7.79. The highest BCUT2D eigenvalue weighted by Gasteiger charge is 2.24. The van der Waals surface area contributed by atoms with Crippen LogP contribution in [0.5, 0.6) is 0 Å². The van der Waals surface area contributed by atoms with E-state index < -0.39 is 9.52 Å². The number of carbonyl (C=O) groups excluding carboxylic acids is 1. The van der Waals surface area contributed by atoms with Crippen LogP contribution < -0.4 is 0 Å². The Labute approximate surface area is 109 Å². The molecular weight excluding hydrogens is 228 g/mol. The van der Waals surface area contributed by atoms with Gasteiger partial charge in [0.1, 0.15) is 0 Å². The van der Waals surface area contributed by atoms with Gasteiger partial charge in [-0.3, -0.25) is 0 Å². The zero-order valence-corrected chi connectivity index (χ0v) is 13.7. The Morgan fingerprint density at radius 2 is 1.71 bits per heavy atom. The van der Waals surface area contributed by atoms with Crippen LogP contribution >= 0.6 is 0 Å². The summed E-state index contributed by atoms with van der Waals surface area (Å²) in [5.41, 5.74) is 1.40. The first-order valence-electron chi connectivity index (χ1n) is 6.66. The molecule has 0 spiro atoms. The normalized spacial score (nSPS) is 13.9. The highest BCUT2D eigenvalue weighted by molar-refractivity contribution is 6.39. The van der Waals surface area contributed by atoms with E-state index in [9.17, 15) is 4.79 Å². The molecule has 0 bridgehead atoms. The maximum Gasteiger partial charge on any atom is 0.333 e. The van der Waals surface area contributed by atoms with Crippen LogP contribution in [-0.2, 0) is 9.53 Å². The fourth-order valence-electron chi connectivity index (χ4n) is 2.17. The molecule has 1 unspecified atom stereocenters. The molecular formula is C14H28O2Si. The predicted octanol–water partition coefficient (Wildman–Crippen LogP) is 3.11. The molecule has 0 aliphatic carbocycles. The van der Waals surface area contributed by atoms with Gasteiger partial charge in [-0.05, 0) is 30.7 Å². The molecule has 100 valence electrons. The summed E-state index contributed by atoms with van der Waals surface area (Å²) in [6.45, 7) is 16.5. The minimum atomic E-state index is -0.415. The molecule has 2 nitrogen and oxygen atoms in total. The second-order valence-electron chi connectivity index (χ2n) is 5.60. The summed E-state index contributed by atoms with van der Waals surface area (Å²) < 4.78 is 5.52. The summed E-state index contributed by atoms with van der Waals surface area (Å²) in [5, 5.41) is 0. The molecule has 0 aromatic heterocycles. The third-order valence-corrected chi connectivity index (χ3v) is 7.02. The van der Waals surface area contributed by atoms with Gasteiger partial charge in [-0.25, -0.2) is 4.79 Å². The van der Waals surface area contributed by atoms with Crippen molar-refractivity contribution < 1.29 is 9.53 Å². The fraction of sp³-hybridized carbons (Fsp3) is 0.786. The first-order valence-corrected chi connectivity index (χ1v) is 8.29. The van der Waals surface area contributed by atoms with Crippen molar-refractivity contribution in [2.45, 2.75) is 59.2 Å². The Balaban J connectivity index is 4.46. The van der Waals surface area contributed by atoms with Crippen LogP contribution in [0, 0.1) is 11.8 Å². The van der Waals surface area contributed by atoms with E-state index >= 15 is 0 Å². The van der Waals surface area contributed by atoms with E-state index in [0.717, 1.165) is 12.0 Å². The summed E-state index contributed by atoms with van der Waals surface area (Å²) in [7, 11) is -0.415. The SMILES string of the molecule is C=C(C)C(=O)OC(CC)[SiH2]C(C(C)C)C(C)C. The van der Waals surface area contributed by atoms with Crippen molar-refractivity contribution in [3.8, 4) is 0 Å². The largest absolute Gasteiger partial charge is 0.464 e. The summed E-state index contributed by atoms with van der Waals surface area (Å²) in [6.07, 6.45) is 0.932. The van der Waals surface area contributed by atoms with Crippen molar-refractivity contribution in [1.29, 1.82) is 0 Å². The van der Waals surface area contributed by atoms with E-state index in [1.165, 1.54) is 0 Å². The minimum Gasteiger partial charge on any atom is -0.464 e. The van der Waals surface area contributed by atoms with E-state index in [-0.39, 0.29) is 11.7 Å². The van der Waals surface area contributed by atoms with Crippen LogP contribution in [0.1, 0.15) is 48.0 Å². The molecule has 0 radical (unpaired) electrons. The van der Waals surface area contributed by atoms with Gasteiger partial charge in [-0.1, -0.05) is 41.2 Å². The van der Waals surface area contributed by atoms with Crippen LogP contribution in [-0.4, -0.2) is 21.2 Å². The lowest BCUT2D eigenvalue weighted by Crippen LogP contribution is -2.31.